The van der Waals surface area contributed by atoms with Crippen molar-refractivity contribution in [2.24, 2.45) is 0 Å². The molecular weight excluding hydrogens is 663 g/mol. The fourth-order valence-electron chi connectivity index (χ4n) is 7.88. The van der Waals surface area contributed by atoms with E-state index in [1.165, 1.54) is 21.5 Å². The van der Waals surface area contributed by atoms with Crippen LogP contribution in [0.15, 0.2) is 224 Å². The molecule has 258 valence electrons. The molecular formula is C54H37N. The lowest BCUT2D eigenvalue weighted by molar-refractivity contribution is 1.28. The van der Waals surface area contributed by atoms with E-state index < -0.39 is 0 Å². The average Bonchev–Trinajstić information content (AvgIpc) is 3.30. The molecule has 0 N–H and O–H groups in total. The second-order valence-corrected chi connectivity index (χ2v) is 13.8. The van der Waals surface area contributed by atoms with Crippen LogP contribution in [-0.4, -0.2) is 0 Å². The molecule has 10 aromatic carbocycles. The third-order valence-corrected chi connectivity index (χ3v) is 10.5. The van der Waals surface area contributed by atoms with Crippen LogP contribution in [0.1, 0.15) is 5.48 Å². The van der Waals surface area contributed by atoms with Crippen molar-refractivity contribution >= 4 is 49.4 Å². The topological polar surface area (TPSA) is 3.24 Å². The Morgan fingerprint density at radius 2 is 0.800 bits per heavy atom. The number of rotatable bonds is 7. The summed E-state index contributed by atoms with van der Waals surface area (Å²) in [6.45, 7) is 0. The Morgan fingerprint density at radius 3 is 1.45 bits per heavy atom. The molecule has 0 saturated carbocycles. The van der Waals surface area contributed by atoms with E-state index in [0.717, 1.165) is 49.8 Å². The highest BCUT2D eigenvalue weighted by Gasteiger charge is 2.17. The van der Waals surface area contributed by atoms with Gasteiger partial charge in [0.05, 0.1) is 5.48 Å². The van der Waals surface area contributed by atoms with Crippen LogP contribution in [0.5, 0.6) is 0 Å². The number of fused-ring (bicyclic) bond motifs is 4. The zero-order valence-electron chi connectivity index (χ0n) is 34.0. The smallest absolute Gasteiger partial charge is 0.0645 e. The minimum Gasteiger partial charge on any atom is -0.311 e. The molecule has 10 aromatic rings. The second-order valence-electron chi connectivity index (χ2n) is 13.8. The van der Waals surface area contributed by atoms with E-state index in [9.17, 15) is 5.48 Å². The summed E-state index contributed by atoms with van der Waals surface area (Å²) in [6.07, 6.45) is 0. The number of hydrogen-bond donors (Lipinski definition) is 0. The minimum atomic E-state index is -0.112. The molecule has 0 radical (unpaired) electrons. The lowest BCUT2D eigenvalue weighted by Crippen LogP contribution is -2.09. The summed E-state index contributed by atoms with van der Waals surface area (Å²) in [7, 11) is 0. The van der Waals surface area contributed by atoms with Gasteiger partial charge in [-0.05, 0) is 119 Å². The standard InChI is InChI=1S/C54H37N/c1-3-13-38(14-4-1)39-23-30-45(31-24-39)55(47-34-27-42(28-35-47)53-37-44-18-8-9-19-48(44)51-21-11-12-22-52(51)53)46-32-25-41(26-33-46)50-36-29-40-15-7-10-20-49(40)54(50)43-16-5-2-6-17-43/h1-37H/i23D,24D,30D,31D. The molecule has 0 aromatic heterocycles. The summed E-state index contributed by atoms with van der Waals surface area (Å²) in [5.74, 6) is 0. The third kappa shape index (κ3) is 6.02. The van der Waals surface area contributed by atoms with Crippen molar-refractivity contribution in [1.82, 2.24) is 0 Å². The molecule has 1 nitrogen and oxygen atoms in total. The van der Waals surface area contributed by atoms with Crippen molar-refractivity contribution < 1.29 is 5.48 Å². The van der Waals surface area contributed by atoms with Gasteiger partial charge in [0.2, 0.25) is 0 Å². The Balaban J connectivity index is 1.14. The van der Waals surface area contributed by atoms with Gasteiger partial charge in [-0.15, -0.1) is 0 Å². The second kappa shape index (κ2) is 14.0. The monoisotopic (exact) mass is 703 g/mol. The van der Waals surface area contributed by atoms with Crippen LogP contribution in [0, 0.1) is 0 Å². The first-order valence-corrected chi connectivity index (χ1v) is 18.6. The van der Waals surface area contributed by atoms with Gasteiger partial charge in [0.25, 0.3) is 0 Å². The van der Waals surface area contributed by atoms with Crippen molar-refractivity contribution in [3.63, 3.8) is 0 Å². The maximum atomic E-state index is 9.44. The molecule has 0 spiro atoms. The van der Waals surface area contributed by atoms with E-state index in [2.05, 4.69) is 140 Å². The molecule has 0 heterocycles. The number of anilines is 3. The molecule has 0 saturated heterocycles. The van der Waals surface area contributed by atoms with Gasteiger partial charge in [-0.2, -0.15) is 0 Å². The SMILES string of the molecule is [2H]c1c([2H])c(N(c2ccc(-c3ccc4ccccc4c3-c3ccccc3)cc2)c2ccc(-c3cc4ccccc4c4ccccc34)cc2)c([2H])c([2H])c1-c1ccccc1. The van der Waals surface area contributed by atoms with Gasteiger partial charge in [0.1, 0.15) is 0 Å². The van der Waals surface area contributed by atoms with Crippen LogP contribution in [0.3, 0.4) is 0 Å². The zero-order valence-corrected chi connectivity index (χ0v) is 30.0. The van der Waals surface area contributed by atoms with Gasteiger partial charge in [-0.1, -0.05) is 182 Å². The Labute approximate surface area is 327 Å². The Morgan fingerprint density at radius 1 is 0.291 bits per heavy atom. The Kier molecular flexibility index (Phi) is 7.19. The molecule has 1 heteroatoms. The van der Waals surface area contributed by atoms with Gasteiger partial charge in [0.15, 0.2) is 0 Å². The van der Waals surface area contributed by atoms with Crippen molar-refractivity contribution in [3.05, 3.63) is 224 Å². The third-order valence-electron chi connectivity index (χ3n) is 10.5. The summed E-state index contributed by atoms with van der Waals surface area (Å²) in [4.78, 5) is 1.86. The van der Waals surface area contributed by atoms with Crippen LogP contribution < -0.4 is 4.90 Å². The minimum absolute atomic E-state index is 0.0864. The van der Waals surface area contributed by atoms with E-state index in [4.69, 9.17) is 0 Å². The van der Waals surface area contributed by atoms with Gasteiger partial charge >= 0.3 is 0 Å². The summed E-state index contributed by atoms with van der Waals surface area (Å²) in [5, 5.41) is 7.06. The fourth-order valence-corrected chi connectivity index (χ4v) is 7.88. The molecule has 55 heavy (non-hydrogen) atoms. The largest absolute Gasteiger partial charge is 0.311 e. The fraction of sp³-hybridized carbons (Fsp3) is 0. The maximum absolute atomic E-state index is 9.44. The summed E-state index contributed by atoms with van der Waals surface area (Å²) < 4.78 is 37.3. The molecule has 0 aliphatic carbocycles. The highest BCUT2D eigenvalue weighted by Crippen LogP contribution is 2.42. The molecule has 0 bridgehead atoms. The predicted molar refractivity (Wildman–Crippen MR) is 235 cm³/mol. The first kappa shape index (κ1) is 28.3. The Bertz CT molecular complexity index is 3150. The van der Waals surface area contributed by atoms with Crippen molar-refractivity contribution in [3.8, 4) is 44.5 Å². The number of nitrogens with zero attached hydrogens (tertiary/aromatic N) is 1. The van der Waals surface area contributed by atoms with Crippen LogP contribution in [0.25, 0.3) is 76.8 Å². The summed E-state index contributed by atoms with van der Waals surface area (Å²) in [5.41, 5.74) is 9.10. The molecule has 0 aliphatic heterocycles. The van der Waals surface area contributed by atoms with Crippen molar-refractivity contribution in [2.45, 2.75) is 0 Å². The van der Waals surface area contributed by atoms with Crippen LogP contribution in [0.4, 0.5) is 17.1 Å². The quantitative estimate of drug-likeness (QED) is 0.149. The van der Waals surface area contributed by atoms with Crippen LogP contribution in [-0.2, 0) is 0 Å². The molecule has 0 aliphatic rings. The van der Waals surface area contributed by atoms with Gasteiger partial charge in [-0.25, -0.2) is 0 Å². The first-order chi connectivity index (χ1) is 29.0. The van der Waals surface area contributed by atoms with Gasteiger partial charge < -0.3 is 4.90 Å². The van der Waals surface area contributed by atoms with Crippen molar-refractivity contribution in [1.29, 1.82) is 0 Å². The van der Waals surface area contributed by atoms with E-state index in [0.29, 0.717) is 11.3 Å². The van der Waals surface area contributed by atoms with Crippen LogP contribution in [0.2, 0.25) is 0 Å². The molecule has 0 unspecified atom stereocenters. The lowest BCUT2D eigenvalue weighted by atomic mass is 9.90. The Hall–Kier alpha value is -7.22. The van der Waals surface area contributed by atoms with E-state index in [-0.39, 0.29) is 35.4 Å². The molecule has 0 amide bonds. The first-order valence-electron chi connectivity index (χ1n) is 20.6. The molecule has 0 atom stereocenters. The number of hydrogen-bond acceptors (Lipinski definition) is 1. The summed E-state index contributed by atoms with van der Waals surface area (Å²) >= 11 is 0. The lowest BCUT2D eigenvalue weighted by Gasteiger charge is -2.26. The zero-order chi connectivity index (χ0) is 40.0. The predicted octanol–water partition coefficient (Wildman–Crippen LogP) is 15.3. The van der Waals surface area contributed by atoms with Gasteiger partial charge in [0, 0.05) is 17.1 Å². The van der Waals surface area contributed by atoms with E-state index >= 15 is 0 Å². The maximum Gasteiger partial charge on any atom is 0.0645 e. The number of benzene rings is 10. The van der Waals surface area contributed by atoms with Crippen molar-refractivity contribution in [2.75, 3.05) is 4.90 Å². The highest BCUT2D eigenvalue weighted by atomic mass is 15.1. The summed E-state index contributed by atoms with van der Waals surface area (Å²) in [6, 6.07) is 67.7. The molecule has 0 fully saturated rings. The molecule has 10 rings (SSSR count). The highest BCUT2D eigenvalue weighted by molar-refractivity contribution is 6.13. The van der Waals surface area contributed by atoms with Gasteiger partial charge in [-0.3, -0.25) is 0 Å². The average molecular weight is 704 g/mol. The van der Waals surface area contributed by atoms with Crippen LogP contribution >= 0.6 is 0 Å². The van der Waals surface area contributed by atoms with E-state index in [1.54, 1.807) is 0 Å². The van der Waals surface area contributed by atoms with E-state index in [1.807, 2.05) is 65.6 Å². The normalized spacial score (nSPS) is 12.3.